The Morgan fingerprint density at radius 2 is 2.14 bits per heavy atom. The molecular formula is C15H16IN5. The molecule has 0 saturated heterocycles. The lowest BCUT2D eigenvalue weighted by Crippen LogP contribution is -2.10. The van der Waals surface area contributed by atoms with E-state index in [-0.39, 0.29) is 0 Å². The van der Waals surface area contributed by atoms with E-state index in [1.807, 2.05) is 17.1 Å². The first-order valence-electron chi connectivity index (χ1n) is 6.91. The number of imidazole rings is 1. The van der Waals surface area contributed by atoms with Gasteiger partial charge in [-0.05, 0) is 41.1 Å². The molecule has 0 unspecified atom stereocenters. The summed E-state index contributed by atoms with van der Waals surface area (Å²) in [6.45, 7) is 3.71. The monoisotopic (exact) mass is 393 g/mol. The molecule has 0 saturated carbocycles. The second-order valence-electron chi connectivity index (χ2n) is 4.79. The molecule has 0 fully saturated rings. The standard InChI is InChI=1S/C15H16IN5/c1-2-7-21-14(18-11-19-21)10-20-8-6-17-15(20)12-4-3-5-13(16)9-12/h3-6,8-9,11H,2,7,10H2,1H3. The Labute approximate surface area is 137 Å². The molecule has 0 aliphatic carbocycles. The lowest BCUT2D eigenvalue weighted by molar-refractivity contribution is 0.555. The maximum absolute atomic E-state index is 4.49. The zero-order valence-corrected chi connectivity index (χ0v) is 13.9. The van der Waals surface area contributed by atoms with Crippen molar-refractivity contribution in [3.63, 3.8) is 0 Å². The van der Waals surface area contributed by atoms with Gasteiger partial charge in [-0.1, -0.05) is 19.1 Å². The number of halogens is 1. The molecule has 3 aromatic rings. The first-order valence-corrected chi connectivity index (χ1v) is 7.99. The smallest absolute Gasteiger partial charge is 0.146 e. The van der Waals surface area contributed by atoms with Gasteiger partial charge in [0, 0.05) is 28.1 Å². The fourth-order valence-electron chi connectivity index (χ4n) is 2.29. The number of rotatable bonds is 5. The summed E-state index contributed by atoms with van der Waals surface area (Å²) in [5.41, 5.74) is 1.12. The molecule has 0 aliphatic heterocycles. The van der Waals surface area contributed by atoms with Crippen LogP contribution in [-0.2, 0) is 13.1 Å². The van der Waals surface area contributed by atoms with Gasteiger partial charge in [0.15, 0.2) is 0 Å². The van der Waals surface area contributed by atoms with Crippen LogP contribution in [0.5, 0.6) is 0 Å². The predicted octanol–water partition coefficient (Wildman–Crippen LogP) is 3.20. The molecule has 0 N–H and O–H groups in total. The Morgan fingerprint density at radius 1 is 1.24 bits per heavy atom. The summed E-state index contributed by atoms with van der Waals surface area (Å²) in [6, 6.07) is 8.35. The highest BCUT2D eigenvalue weighted by Crippen LogP contribution is 2.20. The van der Waals surface area contributed by atoms with Crippen molar-refractivity contribution >= 4 is 22.6 Å². The number of nitrogens with zero attached hydrogens (tertiary/aromatic N) is 5. The van der Waals surface area contributed by atoms with Gasteiger partial charge in [0.2, 0.25) is 0 Å². The minimum absolute atomic E-state index is 0.681. The Balaban J connectivity index is 1.91. The molecule has 5 nitrogen and oxygen atoms in total. The summed E-state index contributed by atoms with van der Waals surface area (Å²) < 4.78 is 5.27. The summed E-state index contributed by atoms with van der Waals surface area (Å²) >= 11 is 2.32. The van der Waals surface area contributed by atoms with Gasteiger partial charge in [-0.15, -0.1) is 0 Å². The molecule has 3 rings (SSSR count). The quantitative estimate of drug-likeness (QED) is 0.626. The Bertz CT molecular complexity index is 731. The molecule has 0 aliphatic rings. The molecule has 2 aromatic heterocycles. The van der Waals surface area contributed by atoms with Crippen molar-refractivity contribution in [2.75, 3.05) is 0 Å². The second-order valence-corrected chi connectivity index (χ2v) is 6.03. The van der Waals surface area contributed by atoms with Crippen LogP contribution in [0.15, 0.2) is 43.0 Å². The molecule has 2 heterocycles. The number of hydrogen-bond donors (Lipinski definition) is 0. The SMILES string of the molecule is CCCn1ncnc1Cn1ccnc1-c1cccc(I)c1. The van der Waals surface area contributed by atoms with Gasteiger partial charge in [0.05, 0.1) is 6.54 Å². The number of aryl methyl sites for hydroxylation is 1. The maximum atomic E-state index is 4.49. The topological polar surface area (TPSA) is 48.5 Å². The lowest BCUT2D eigenvalue weighted by atomic mass is 10.2. The zero-order chi connectivity index (χ0) is 14.7. The summed E-state index contributed by atoms with van der Waals surface area (Å²) in [4.78, 5) is 8.85. The van der Waals surface area contributed by atoms with E-state index in [4.69, 9.17) is 0 Å². The van der Waals surface area contributed by atoms with Gasteiger partial charge in [-0.3, -0.25) is 0 Å². The summed E-state index contributed by atoms with van der Waals surface area (Å²) in [5.74, 6) is 1.92. The molecule has 0 bridgehead atoms. The van der Waals surface area contributed by atoms with Crippen molar-refractivity contribution in [1.82, 2.24) is 24.3 Å². The van der Waals surface area contributed by atoms with Crippen LogP contribution in [0.3, 0.4) is 0 Å². The van der Waals surface area contributed by atoms with Gasteiger partial charge in [-0.25, -0.2) is 14.6 Å². The summed E-state index contributed by atoms with van der Waals surface area (Å²) in [6.07, 6.45) is 6.48. The molecule has 0 spiro atoms. The van der Waals surface area contributed by atoms with Crippen LogP contribution in [0.2, 0.25) is 0 Å². The van der Waals surface area contributed by atoms with Crippen LogP contribution < -0.4 is 0 Å². The van der Waals surface area contributed by atoms with Gasteiger partial charge in [-0.2, -0.15) is 5.10 Å². The highest BCUT2D eigenvalue weighted by molar-refractivity contribution is 14.1. The summed E-state index contributed by atoms with van der Waals surface area (Å²) in [7, 11) is 0. The van der Waals surface area contributed by atoms with E-state index in [1.165, 1.54) is 3.57 Å². The van der Waals surface area contributed by atoms with Crippen molar-refractivity contribution in [2.45, 2.75) is 26.4 Å². The number of hydrogen-bond acceptors (Lipinski definition) is 3. The van der Waals surface area contributed by atoms with Crippen molar-refractivity contribution in [2.24, 2.45) is 0 Å². The highest BCUT2D eigenvalue weighted by atomic mass is 127. The molecule has 0 radical (unpaired) electrons. The highest BCUT2D eigenvalue weighted by Gasteiger charge is 2.10. The van der Waals surface area contributed by atoms with E-state index in [0.717, 1.165) is 30.2 Å². The van der Waals surface area contributed by atoms with Crippen LogP contribution >= 0.6 is 22.6 Å². The summed E-state index contributed by atoms with van der Waals surface area (Å²) in [5, 5.41) is 4.27. The lowest BCUT2D eigenvalue weighted by Gasteiger charge is -2.09. The van der Waals surface area contributed by atoms with E-state index in [1.54, 1.807) is 6.33 Å². The zero-order valence-electron chi connectivity index (χ0n) is 11.8. The third-order valence-corrected chi connectivity index (χ3v) is 3.91. The van der Waals surface area contributed by atoms with Crippen molar-refractivity contribution in [1.29, 1.82) is 0 Å². The molecule has 108 valence electrons. The van der Waals surface area contributed by atoms with Crippen LogP contribution in [0.25, 0.3) is 11.4 Å². The largest absolute Gasteiger partial charge is 0.323 e. The average Bonchev–Trinajstić information content (AvgIpc) is 3.10. The number of benzene rings is 1. The first kappa shape index (κ1) is 14.2. The molecule has 0 atom stereocenters. The van der Waals surface area contributed by atoms with E-state index < -0.39 is 0 Å². The predicted molar refractivity (Wildman–Crippen MR) is 89.8 cm³/mol. The minimum Gasteiger partial charge on any atom is -0.323 e. The van der Waals surface area contributed by atoms with Gasteiger partial charge in [0.1, 0.15) is 18.0 Å². The minimum atomic E-state index is 0.681. The van der Waals surface area contributed by atoms with Gasteiger partial charge >= 0.3 is 0 Å². The number of aromatic nitrogens is 5. The van der Waals surface area contributed by atoms with Crippen LogP contribution in [0.4, 0.5) is 0 Å². The molecule has 6 heteroatoms. The van der Waals surface area contributed by atoms with E-state index in [9.17, 15) is 0 Å². The maximum Gasteiger partial charge on any atom is 0.146 e. The van der Waals surface area contributed by atoms with Gasteiger partial charge < -0.3 is 4.57 Å². The second kappa shape index (κ2) is 6.38. The van der Waals surface area contributed by atoms with Crippen molar-refractivity contribution < 1.29 is 0 Å². The van der Waals surface area contributed by atoms with Crippen molar-refractivity contribution in [3.8, 4) is 11.4 Å². The average molecular weight is 393 g/mol. The van der Waals surface area contributed by atoms with E-state index in [2.05, 4.69) is 73.4 Å². The molecule has 21 heavy (non-hydrogen) atoms. The Kier molecular flexibility index (Phi) is 4.33. The van der Waals surface area contributed by atoms with E-state index >= 15 is 0 Å². The Hall–Kier alpha value is -1.70. The van der Waals surface area contributed by atoms with Crippen molar-refractivity contribution in [3.05, 3.63) is 52.4 Å². The fraction of sp³-hybridized carbons (Fsp3) is 0.267. The molecule has 1 aromatic carbocycles. The normalized spacial score (nSPS) is 11.0. The first-order chi connectivity index (χ1) is 10.3. The van der Waals surface area contributed by atoms with E-state index in [0.29, 0.717) is 6.54 Å². The Morgan fingerprint density at radius 3 is 2.95 bits per heavy atom. The van der Waals surface area contributed by atoms with Crippen LogP contribution in [0, 0.1) is 3.57 Å². The fourth-order valence-corrected chi connectivity index (χ4v) is 2.83. The third-order valence-electron chi connectivity index (χ3n) is 3.24. The van der Waals surface area contributed by atoms with Crippen LogP contribution in [0.1, 0.15) is 19.2 Å². The van der Waals surface area contributed by atoms with Gasteiger partial charge in [0.25, 0.3) is 0 Å². The third kappa shape index (κ3) is 3.15. The van der Waals surface area contributed by atoms with Crippen LogP contribution in [-0.4, -0.2) is 24.3 Å². The molecule has 0 amide bonds. The molecular weight excluding hydrogens is 377 g/mol.